The van der Waals surface area contributed by atoms with E-state index in [4.69, 9.17) is 9.47 Å². The van der Waals surface area contributed by atoms with Crippen LogP contribution in [0, 0.1) is 13.8 Å². The summed E-state index contributed by atoms with van der Waals surface area (Å²) in [6.45, 7) is 6.25. The van der Waals surface area contributed by atoms with E-state index in [-0.39, 0.29) is 18.6 Å². The molecular formula is C21H28N2O3. The van der Waals surface area contributed by atoms with Crippen molar-refractivity contribution in [3.05, 3.63) is 53.2 Å². The number of methoxy groups -OCH3 is 1. The molecule has 0 aliphatic rings. The van der Waals surface area contributed by atoms with Crippen LogP contribution in [-0.2, 0) is 16.1 Å². The number of aromatic nitrogens is 1. The molecule has 0 aliphatic carbocycles. The molecule has 1 aromatic carbocycles. The maximum absolute atomic E-state index is 12.7. The van der Waals surface area contributed by atoms with E-state index in [0.717, 1.165) is 34.7 Å². The van der Waals surface area contributed by atoms with Gasteiger partial charge in [-0.15, -0.1) is 0 Å². The third-order valence-electron chi connectivity index (χ3n) is 4.48. The van der Waals surface area contributed by atoms with Crippen LogP contribution in [0.1, 0.15) is 36.5 Å². The Morgan fingerprint density at radius 2 is 1.92 bits per heavy atom. The van der Waals surface area contributed by atoms with Gasteiger partial charge in [0.1, 0.15) is 24.2 Å². The van der Waals surface area contributed by atoms with Crippen molar-refractivity contribution in [1.29, 1.82) is 0 Å². The van der Waals surface area contributed by atoms with Crippen LogP contribution in [0.2, 0.25) is 0 Å². The van der Waals surface area contributed by atoms with Gasteiger partial charge in [-0.25, -0.2) is 9.78 Å². The number of pyridine rings is 1. The quantitative estimate of drug-likeness (QED) is 0.668. The number of ether oxygens (including phenoxy) is 2. The third kappa shape index (κ3) is 4.54. The molecule has 5 heteroatoms. The Bertz CT molecular complexity index is 732. The largest absolute Gasteiger partial charge is 0.496 e. The molecule has 1 aromatic heterocycles. The Balaban J connectivity index is 2.19. The molecular weight excluding hydrogens is 328 g/mol. The number of aryl methyl sites for hydroxylation is 1. The van der Waals surface area contributed by atoms with Gasteiger partial charge in [-0.05, 0) is 25.8 Å². The summed E-state index contributed by atoms with van der Waals surface area (Å²) in [7, 11) is 3.53. The molecule has 0 fully saturated rings. The molecule has 140 valence electrons. The number of rotatable bonds is 8. The second kappa shape index (κ2) is 9.22. The first kappa shape index (κ1) is 19.8. The van der Waals surface area contributed by atoms with Crippen LogP contribution in [-0.4, -0.2) is 31.2 Å². The van der Waals surface area contributed by atoms with E-state index in [1.807, 2.05) is 56.1 Å². The molecule has 0 radical (unpaired) electrons. The lowest BCUT2D eigenvalue weighted by Crippen LogP contribution is -2.40. The molecule has 1 atom stereocenters. The number of likely N-dealkylation sites (N-methyl/N-ethyl adjacent to an activating group) is 1. The average molecular weight is 356 g/mol. The van der Waals surface area contributed by atoms with Gasteiger partial charge in [0, 0.05) is 24.4 Å². The molecule has 1 heterocycles. The smallest absolute Gasteiger partial charge is 0.329 e. The number of carbonyl (C=O) groups is 1. The summed E-state index contributed by atoms with van der Waals surface area (Å²) in [5.41, 5.74) is 2.87. The summed E-state index contributed by atoms with van der Waals surface area (Å²) in [6.07, 6.45) is 3.34. The Kier molecular flexibility index (Phi) is 7.01. The molecule has 26 heavy (non-hydrogen) atoms. The normalized spacial score (nSPS) is 11.7. The number of carbonyl (C=O) groups excluding carboxylic acids is 1. The summed E-state index contributed by atoms with van der Waals surface area (Å²) < 4.78 is 11.1. The van der Waals surface area contributed by atoms with Gasteiger partial charge in [0.05, 0.1) is 7.11 Å². The Labute approximate surface area is 156 Å². The predicted molar refractivity (Wildman–Crippen MR) is 104 cm³/mol. The molecule has 5 nitrogen and oxygen atoms in total. The Morgan fingerprint density at radius 1 is 1.23 bits per heavy atom. The van der Waals surface area contributed by atoms with E-state index in [1.54, 1.807) is 13.3 Å². The van der Waals surface area contributed by atoms with E-state index >= 15 is 0 Å². The van der Waals surface area contributed by atoms with Crippen LogP contribution in [0.5, 0.6) is 5.75 Å². The van der Waals surface area contributed by atoms with Gasteiger partial charge < -0.3 is 14.4 Å². The monoisotopic (exact) mass is 356 g/mol. The Hall–Kier alpha value is -2.56. The maximum Gasteiger partial charge on any atom is 0.329 e. The first-order valence-electron chi connectivity index (χ1n) is 8.93. The van der Waals surface area contributed by atoms with Gasteiger partial charge in [0.15, 0.2) is 0 Å². The minimum absolute atomic E-state index is 0.237. The van der Waals surface area contributed by atoms with E-state index in [2.05, 4.69) is 11.9 Å². The van der Waals surface area contributed by atoms with Crippen LogP contribution in [0.4, 0.5) is 5.82 Å². The standard InChI is InChI=1S/C21H28N2O3/c1-6-10-18(21(24)26-14-17-11-8-7-9-12-17)23(4)20-16(3)19(25-5)15(2)13-22-20/h7-9,11-13,18H,6,10,14H2,1-5H3/t18-/m1/s1. The fraction of sp³-hybridized carbons (Fsp3) is 0.429. The van der Waals surface area contributed by atoms with Crippen molar-refractivity contribution in [1.82, 2.24) is 4.98 Å². The SMILES string of the molecule is CCC[C@H](C(=O)OCc1ccccc1)N(C)c1ncc(C)c(OC)c1C. The van der Waals surface area contributed by atoms with Crippen LogP contribution in [0.3, 0.4) is 0 Å². The zero-order chi connectivity index (χ0) is 19.1. The van der Waals surface area contributed by atoms with Crippen LogP contribution in [0.25, 0.3) is 0 Å². The van der Waals surface area contributed by atoms with E-state index in [9.17, 15) is 4.79 Å². The zero-order valence-corrected chi connectivity index (χ0v) is 16.3. The lowest BCUT2D eigenvalue weighted by Gasteiger charge is -2.29. The summed E-state index contributed by atoms with van der Waals surface area (Å²) in [5.74, 6) is 1.30. The molecule has 2 rings (SSSR count). The summed E-state index contributed by atoms with van der Waals surface area (Å²) >= 11 is 0. The van der Waals surface area contributed by atoms with Gasteiger partial charge in [0.25, 0.3) is 0 Å². The first-order chi connectivity index (χ1) is 12.5. The number of hydrogen-bond acceptors (Lipinski definition) is 5. The van der Waals surface area contributed by atoms with Crippen LogP contribution < -0.4 is 9.64 Å². The van der Waals surface area contributed by atoms with Crippen molar-refractivity contribution < 1.29 is 14.3 Å². The van der Waals surface area contributed by atoms with Crippen molar-refractivity contribution in [2.45, 2.75) is 46.3 Å². The molecule has 2 aromatic rings. The van der Waals surface area contributed by atoms with Gasteiger partial charge >= 0.3 is 5.97 Å². The molecule has 0 aliphatic heterocycles. The second-order valence-corrected chi connectivity index (χ2v) is 6.43. The number of esters is 1. The number of benzene rings is 1. The average Bonchev–Trinajstić information content (AvgIpc) is 2.65. The highest BCUT2D eigenvalue weighted by molar-refractivity contribution is 5.80. The van der Waals surface area contributed by atoms with Crippen molar-refractivity contribution in [3.63, 3.8) is 0 Å². The van der Waals surface area contributed by atoms with Crippen molar-refractivity contribution in [3.8, 4) is 5.75 Å². The van der Waals surface area contributed by atoms with E-state index in [1.165, 1.54) is 0 Å². The van der Waals surface area contributed by atoms with Gasteiger partial charge in [-0.2, -0.15) is 0 Å². The van der Waals surface area contributed by atoms with Crippen LogP contribution in [0.15, 0.2) is 36.5 Å². The fourth-order valence-electron chi connectivity index (χ4n) is 3.10. The highest BCUT2D eigenvalue weighted by atomic mass is 16.5. The first-order valence-corrected chi connectivity index (χ1v) is 8.93. The third-order valence-corrected chi connectivity index (χ3v) is 4.48. The summed E-state index contributed by atoms with van der Waals surface area (Å²) in [6, 6.07) is 9.32. The number of anilines is 1. The summed E-state index contributed by atoms with van der Waals surface area (Å²) in [5, 5.41) is 0. The van der Waals surface area contributed by atoms with E-state index in [0.29, 0.717) is 6.42 Å². The number of nitrogens with zero attached hydrogens (tertiary/aromatic N) is 2. The summed E-state index contributed by atoms with van der Waals surface area (Å²) in [4.78, 5) is 19.2. The predicted octanol–water partition coefficient (Wildman–Crippen LogP) is 4.06. The minimum atomic E-state index is -0.387. The maximum atomic E-state index is 12.7. The Morgan fingerprint density at radius 3 is 2.54 bits per heavy atom. The second-order valence-electron chi connectivity index (χ2n) is 6.43. The van der Waals surface area contributed by atoms with Gasteiger partial charge in [0.2, 0.25) is 0 Å². The highest BCUT2D eigenvalue weighted by Crippen LogP contribution is 2.30. The van der Waals surface area contributed by atoms with Crippen molar-refractivity contribution in [2.75, 3.05) is 19.1 Å². The molecule has 0 spiro atoms. The lowest BCUT2D eigenvalue weighted by atomic mass is 10.1. The van der Waals surface area contributed by atoms with Crippen molar-refractivity contribution >= 4 is 11.8 Å². The van der Waals surface area contributed by atoms with Gasteiger partial charge in [-0.3, -0.25) is 0 Å². The fourth-order valence-corrected chi connectivity index (χ4v) is 3.10. The minimum Gasteiger partial charge on any atom is -0.496 e. The van der Waals surface area contributed by atoms with Crippen LogP contribution >= 0.6 is 0 Å². The zero-order valence-electron chi connectivity index (χ0n) is 16.3. The molecule has 0 unspecified atom stereocenters. The highest BCUT2D eigenvalue weighted by Gasteiger charge is 2.27. The van der Waals surface area contributed by atoms with Gasteiger partial charge in [-0.1, -0.05) is 43.7 Å². The van der Waals surface area contributed by atoms with E-state index < -0.39 is 0 Å². The molecule has 0 amide bonds. The molecule has 0 saturated carbocycles. The molecule has 0 bridgehead atoms. The number of hydrogen-bond donors (Lipinski definition) is 0. The van der Waals surface area contributed by atoms with Crippen molar-refractivity contribution in [2.24, 2.45) is 0 Å². The molecule has 0 saturated heterocycles. The topological polar surface area (TPSA) is 51.7 Å². The molecule has 0 N–H and O–H groups in total. The lowest BCUT2D eigenvalue weighted by molar-refractivity contribution is -0.146.